The van der Waals surface area contributed by atoms with Crippen LogP contribution in [-0.4, -0.2) is 0 Å². The number of anilines is 3. The lowest BCUT2D eigenvalue weighted by molar-refractivity contribution is 0.660. The molecule has 3 aliphatic carbocycles. The molecule has 65 heavy (non-hydrogen) atoms. The van der Waals surface area contributed by atoms with E-state index in [0.29, 0.717) is 0 Å². The third kappa shape index (κ3) is 5.33. The number of nitrogens with zero attached hydrogens (tertiary/aromatic N) is 1. The molecular weight excluding hydrogens is 783 g/mol. The molecule has 0 N–H and O–H groups in total. The molecule has 306 valence electrons. The van der Waals surface area contributed by atoms with Crippen LogP contribution in [0.4, 0.5) is 17.1 Å². The molecule has 10 aromatic carbocycles. The molecule has 13 rings (SSSR count). The molecule has 0 aromatic heterocycles. The van der Waals surface area contributed by atoms with Crippen molar-refractivity contribution in [2.24, 2.45) is 0 Å². The fourth-order valence-electron chi connectivity index (χ4n) is 11.9. The van der Waals surface area contributed by atoms with Crippen LogP contribution in [-0.2, 0) is 10.8 Å². The number of benzene rings is 10. The zero-order valence-corrected chi connectivity index (χ0v) is 36.5. The lowest BCUT2D eigenvalue weighted by atomic mass is 9.70. The first-order valence-corrected chi connectivity index (χ1v) is 22.8. The van der Waals surface area contributed by atoms with Gasteiger partial charge in [0.1, 0.15) is 0 Å². The maximum absolute atomic E-state index is 2.54. The molecule has 1 heteroatoms. The molecule has 0 bridgehead atoms. The van der Waals surface area contributed by atoms with Crippen molar-refractivity contribution in [3.63, 3.8) is 0 Å². The molecule has 0 fully saturated rings. The van der Waals surface area contributed by atoms with Gasteiger partial charge in [-0.1, -0.05) is 220 Å². The van der Waals surface area contributed by atoms with Gasteiger partial charge in [0.2, 0.25) is 0 Å². The number of hydrogen-bond acceptors (Lipinski definition) is 1. The molecule has 0 radical (unpaired) electrons. The van der Waals surface area contributed by atoms with Crippen molar-refractivity contribution in [1.82, 2.24) is 0 Å². The molecule has 1 nitrogen and oxygen atoms in total. The van der Waals surface area contributed by atoms with Gasteiger partial charge in [0.15, 0.2) is 0 Å². The van der Waals surface area contributed by atoms with Crippen LogP contribution in [0.2, 0.25) is 0 Å². The fraction of sp³-hybridized carbons (Fsp3) is 0.0625. The lowest BCUT2D eigenvalue weighted by Crippen LogP contribution is -2.26. The highest BCUT2D eigenvalue weighted by Gasteiger charge is 2.52. The second kappa shape index (κ2) is 14.3. The van der Waals surface area contributed by atoms with Crippen LogP contribution in [0.15, 0.2) is 237 Å². The Morgan fingerprint density at radius 1 is 0.277 bits per heavy atom. The van der Waals surface area contributed by atoms with E-state index >= 15 is 0 Å². The molecule has 0 heterocycles. The fourth-order valence-corrected chi connectivity index (χ4v) is 11.9. The zero-order chi connectivity index (χ0) is 43.3. The third-order valence-electron chi connectivity index (χ3n) is 14.7. The number of rotatable bonds is 6. The minimum Gasteiger partial charge on any atom is -0.309 e. The van der Waals surface area contributed by atoms with E-state index < -0.39 is 5.41 Å². The van der Waals surface area contributed by atoms with E-state index in [-0.39, 0.29) is 5.41 Å². The highest BCUT2D eigenvalue weighted by atomic mass is 15.1. The Bertz CT molecular complexity index is 3460. The summed E-state index contributed by atoms with van der Waals surface area (Å²) < 4.78 is 0. The van der Waals surface area contributed by atoms with Gasteiger partial charge in [0, 0.05) is 22.2 Å². The average Bonchev–Trinajstić information content (AvgIpc) is 3.94. The summed E-state index contributed by atoms with van der Waals surface area (Å²) in [6.07, 6.45) is 0. The van der Waals surface area contributed by atoms with Crippen molar-refractivity contribution < 1.29 is 0 Å². The van der Waals surface area contributed by atoms with Crippen LogP contribution in [0, 0.1) is 0 Å². The molecule has 10 aromatic rings. The molecule has 0 amide bonds. The molecule has 1 spiro atoms. The second-order valence-electron chi connectivity index (χ2n) is 18.3. The van der Waals surface area contributed by atoms with E-state index in [9.17, 15) is 0 Å². The highest BCUT2D eigenvalue weighted by Crippen LogP contribution is 2.65. The second-order valence-corrected chi connectivity index (χ2v) is 18.3. The van der Waals surface area contributed by atoms with Crippen molar-refractivity contribution >= 4 is 17.1 Å². The summed E-state index contributed by atoms with van der Waals surface area (Å²) in [7, 11) is 0. The summed E-state index contributed by atoms with van der Waals surface area (Å²) in [4.78, 5) is 2.54. The highest BCUT2D eigenvalue weighted by molar-refractivity contribution is 6.03. The molecule has 3 aliphatic rings. The van der Waals surface area contributed by atoms with E-state index in [4.69, 9.17) is 0 Å². The Labute approximate surface area is 381 Å². The maximum Gasteiger partial charge on any atom is 0.0726 e. The zero-order valence-electron chi connectivity index (χ0n) is 36.5. The molecule has 0 saturated carbocycles. The summed E-state index contributed by atoms with van der Waals surface area (Å²) >= 11 is 0. The van der Waals surface area contributed by atoms with Crippen LogP contribution in [0.1, 0.15) is 47.2 Å². The van der Waals surface area contributed by atoms with Gasteiger partial charge >= 0.3 is 0 Å². The van der Waals surface area contributed by atoms with Crippen LogP contribution < -0.4 is 4.90 Å². The summed E-state index contributed by atoms with van der Waals surface area (Å²) in [6, 6.07) is 88.2. The van der Waals surface area contributed by atoms with Crippen molar-refractivity contribution in [2.45, 2.75) is 24.7 Å². The lowest BCUT2D eigenvalue weighted by Gasteiger charge is -2.32. The molecule has 0 saturated heterocycles. The van der Waals surface area contributed by atoms with E-state index in [1.54, 1.807) is 0 Å². The minimum absolute atomic E-state index is 0.0693. The predicted molar refractivity (Wildman–Crippen MR) is 271 cm³/mol. The normalized spacial score (nSPS) is 13.9. The standard InChI is InChI=1S/C64H45N/c1-63(2)53-28-13-11-25-50(53)61-47(27-17-32-57(61)63)44-35-38-46(39-36-44)65(59-40-37-45(42-19-5-3-6-20-42)41-52(59)43-21-7-4-8-22-43)60-34-18-33-58-62(60)51-26-12-16-31-56(51)64(58)54-29-14-9-23-48(54)49-24-10-15-30-55(49)64/h3-41H,1-2H3. The van der Waals surface area contributed by atoms with Crippen LogP contribution >= 0.6 is 0 Å². The van der Waals surface area contributed by atoms with Crippen LogP contribution in [0.5, 0.6) is 0 Å². The van der Waals surface area contributed by atoms with Gasteiger partial charge in [0.05, 0.1) is 16.8 Å². The maximum atomic E-state index is 2.54. The van der Waals surface area contributed by atoms with E-state index in [2.05, 4.69) is 255 Å². The minimum atomic E-state index is -0.457. The molecule has 0 unspecified atom stereocenters. The van der Waals surface area contributed by atoms with Crippen molar-refractivity contribution in [2.75, 3.05) is 4.90 Å². The van der Waals surface area contributed by atoms with Crippen molar-refractivity contribution in [1.29, 1.82) is 0 Å². The van der Waals surface area contributed by atoms with E-state index in [0.717, 1.165) is 17.1 Å². The van der Waals surface area contributed by atoms with Gasteiger partial charge in [-0.2, -0.15) is 0 Å². The quantitative estimate of drug-likeness (QED) is 0.161. The van der Waals surface area contributed by atoms with Gasteiger partial charge in [-0.25, -0.2) is 0 Å². The van der Waals surface area contributed by atoms with Crippen LogP contribution in [0.25, 0.3) is 66.8 Å². The smallest absolute Gasteiger partial charge is 0.0726 e. The first-order chi connectivity index (χ1) is 32.0. The first kappa shape index (κ1) is 37.5. The Morgan fingerprint density at radius 3 is 1.40 bits per heavy atom. The van der Waals surface area contributed by atoms with Gasteiger partial charge in [-0.15, -0.1) is 0 Å². The Balaban J connectivity index is 1.07. The largest absolute Gasteiger partial charge is 0.309 e. The SMILES string of the molecule is CC1(C)c2ccccc2-c2c(-c3ccc(N(c4ccc(-c5ccccc5)cc4-c4ccccc4)c4cccc5c4-c4ccccc4C54c5ccccc5-c5ccccc54)cc3)cccc21. The Morgan fingerprint density at radius 2 is 0.738 bits per heavy atom. The Hall–Kier alpha value is -8.00. The Kier molecular flexibility index (Phi) is 8.24. The number of hydrogen-bond donors (Lipinski definition) is 0. The summed E-state index contributed by atoms with van der Waals surface area (Å²) in [5.41, 5.74) is 26.0. The molecule has 0 aliphatic heterocycles. The van der Waals surface area contributed by atoms with Gasteiger partial charge < -0.3 is 4.90 Å². The van der Waals surface area contributed by atoms with E-state index in [1.807, 2.05) is 0 Å². The van der Waals surface area contributed by atoms with Gasteiger partial charge in [0.25, 0.3) is 0 Å². The van der Waals surface area contributed by atoms with Gasteiger partial charge in [-0.05, 0) is 119 Å². The van der Waals surface area contributed by atoms with Crippen molar-refractivity contribution in [3.05, 3.63) is 270 Å². The monoisotopic (exact) mass is 827 g/mol. The predicted octanol–water partition coefficient (Wildman–Crippen LogP) is 16.8. The number of fused-ring (bicyclic) bond motifs is 13. The van der Waals surface area contributed by atoms with Gasteiger partial charge in [-0.3, -0.25) is 0 Å². The summed E-state index contributed by atoms with van der Waals surface area (Å²) in [5, 5.41) is 0. The van der Waals surface area contributed by atoms with Crippen LogP contribution in [0.3, 0.4) is 0 Å². The summed E-state index contributed by atoms with van der Waals surface area (Å²) in [5.74, 6) is 0. The average molecular weight is 828 g/mol. The third-order valence-corrected chi connectivity index (χ3v) is 14.7. The first-order valence-electron chi connectivity index (χ1n) is 22.8. The molecule has 0 atom stereocenters. The summed E-state index contributed by atoms with van der Waals surface area (Å²) in [6.45, 7) is 4.72. The van der Waals surface area contributed by atoms with Crippen molar-refractivity contribution in [3.8, 4) is 66.8 Å². The van der Waals surface area contributed by atoms with E-state index in [1.165, 1.54) is 100 Å². The molecular formula is C64H45N. The topological polar surface area (TPSA) is 3.24 Å².